The van der Waals surface area contributed by atoms with Gasteiger partial charge in [0.15, 0.2) is 0 Å². The summed E-state index contributed by atoms with van der Waals surface area (Å²) in [4.78, 5) is 4.19. The highest BCUT2D eigenvalue weighted by atomic mass is 19.4. The van der Waals surface area contributed by atoms with Crippen LogP contribution in [0.4, 0.5) is 13.2 Å². The topological polar surface area (TPSA) is 45.1 Å². The summed E-state index contributed by atoms with van der Waals surface area (Å²) < 4.78 is 38.1. The third-order valence-electron chi connectivity index (χ3n) is 3.78. The van der Waals surface area contributed by atoms with Crippen molar-refractivity contribution in [3.05, 3.63) is 23.5 Å². The fraction of sp³-hybridized carbons (Fsp3) is 0.643. The van der Waals surface area contributed by atoms with Crippen molar-refractivity contribution >= 4 is 0 Å². The molecule has 0 saturated heterocycles. The number of aryl methyl sites for hydroxylation is 1. The second kappa shape index (κ2) is 5.99. The Kier molecular flexibility index (Phi) is 4.52. The fourth-order valence-corrected chi connectivity index (χ4v) is 2.65. The van der Waals surface area contributed by atoms with Crippen molar-refractivity contribution in [3.8, 4) is 5.75 Å². The molecule has 0 spiro atoms. The van der Waals surface area contributed by atoms with E-state index >= 15 is 0 Å². The molecular formula is C14H19F3N2O. The first-order valence-electron chi connectivity index (χ1n) is 6.82. The number of aromatic nitrogens is 1. The lowest BCUT2D eigenvalue weighted by molar-refractivity contribution is -0.183. The molecule has 6 heteroatoms. The monoisotopic (exact) mass is 288 g/mol. The van der Waals surface area contributed by atoms with Crippen LogP contribution in [0.15, 0.2) is 12.1 Å². The van der Waals surface area contributed by atoms with Gasteiger partial charge in [-0.15, -0.1) is 0 Å². The van der Waals surface area contributed by atoms with Crippen LogP contribution in [0.25, 0.3) is 0 Å². The summed E-state index contributed by atoms with van der Waals surface area (Å²) in [6, 6.07) is 3.08. The second-order valence-electron chi connectivity index (χ2n) is 5.40. The number of rotatable bonds is 3. The van der Waals surface area contributed by atoms with Crippen LogP contribution in [-0.2, 0) is 6.54 Å². The molecule has 1 aliphatic rings. The van der Waals surface area contributed by atoms with Gasteiger partial charge in [0.05, 0.1) is 11.6 Å². The van der Waals surface area contributed by atoms with Gasteiger partial charge in [-0.3, -0.25) is 4.98 Å². The van der Waals surface area contributed by atoms with Gasteiger partial charge in [-0.05, 0) is 38.3 Å². The summed E-state index contributed by atoms with van der Waals surface area (Å²) in [5, 5.41) is 12.7. The molecule has 2 rings (SSSR count). The number of hydrogen-bond acceptors (Lipinski definition) is 3. The first-order chi connectivity index (χ1) is 9.36. The van der Waals surface area contributed by atoms with E-state index in [1.807, 2.05) is 6.92 Å². The van der Waals surface area contributed by atoms with E-state index in [1.165, 1.54) is 0 Å². The van der Waals surface area contributed by atoms with Crippen LogP contribution in [0.2, 0.25) is 0 Å². The van der Waals surface area contributed by atoms with E-state index in [0.29, 0.717) is 18.7 Å². The maximum atomic E-state index is 12.7. The van der Waals surface area contributed by atoms with Gasteiger partial charge >= 0.3 is 6.18 Å². The minimum absolute atomic E-state index is 0.0753. The van der Waals surface area contributed by atoms with Gasteiger partial charge < -0.3 is 10.4 Å². The van der Waals surface area contributed by atoms with Crippen LogP contribution in [0.3, 0.4) is 0 Å². The van der Waals surface area contributed by atoms with Crippen molar-refractivity contribution in [2.45, 2.75) is 51.4 Å². The third-order valence-corrected chi connectivity index (χ3v) is 3.78. The van der Waals surface area contributed by atoms with Gasteiger partial charge in [0.1, 0.15) is 5.75 Å². The van der Waals surface area contributed by atoms with Crippen molar-refractivity contribution in [3.63, 3.8) is 0 Å². The Labute approximate surface area is 116 Å². The Bertz CT molecular complexity index is 462. The second-order valence-corrected chi connectivity index (χ2v) is 5.40. The standard InChI is InChI=1S/C14H19F3N2O/c1-9-5-6-13(20)12(19-9)8-18-11-4-2-3-10(7-11)14(15,16)17/h5-6,10-11,18,20H,2-4,7-8H2,1H3/t10-,11+/m0/s1. The summed E-state index contributed by atoms with van der Waals surface area (Å²) in [5.74, 6) is -1.14. The molecule has 1 heterocycles. The van der Waals surface area contributed by atoms with Gasteiger partial charge in [0.25, 0.3) is 0 Å². The van der Waals surface area contributed by atoms with Gasteiger partial charge in [-0.1, -0.05) is 6.42 Å². The molecule has 2 atom stereocenters. The van der Waals surface area contributed by atoms with E-state index in [1.54, 1.807) is 12.1 Å². The Morgan fingerprint density at radius 1 is 1.35 bits per heavy atom. The lowest BCUT2D eigenvalue weighted by atomic mass is 9.85. The van der Waals surface area contributed by atoms with E-state index < -0.39 is 12.1 Å². The van der Waals surface area contributed by atoms with Crippen molar-refractivity contribution in [2.75, 3.05) is 0 Å². The van der Waals surface area contributed by atoms with Crippen LogP contribution >= 0.6 is 0 Å². The average molecular weight is 288 g/mol. The van der Waals surface area contributed by atoms with Crippen molar-refractivity contribution < 1.29 is 18.3 Å². The first-order valence-corrected chi connectivity index (χ1v) is 6.82. The van der Waals surface area contributed by atoms with Gasteiger partial charge in [-0.25, -0.2) is 0 Å². The van der Waals surface area contributed by atoms with Gasteiger partial charge in [-0.2, -0.15) is 13.2 Å². The predicted molar refractivity (Wildman–Crippen MR) is 69.3 cm³/mol. The molecule has 0 amide bonds. The number of pyridine rings is 1. The smallest absolute Gasteiger partial charge is 0.391 e. The van der Waals surface area contributed by atoms with Crippen LogP contribution in [0.5, 0.6) is 5.75 Å². The van der Waals surface area contributed by atoms with Crippen LogP contribution < -0.4 is 5.32 Å². The third kappa shape index (κ3) is 3.85. The Morgan fingerprint density at radius 2 is 2.10 bits per heavy atom. The molecule has 1 aromatic heterocycles. The van der Waals surface area contributed by atoms with Crippen LogP contribution in [0, 0.1) is 12.8 Å². The Balaban J connectivity index is 1.92. The van der Waals surface area contributed by atoms with E-state index in [9.17, 15) is 18.3 Å². The summed E-state index contributed by atoms with van der Waals surface area (Å²) in [6.07, 6.45) is -2.47. The van der Waals surface area contributed by atoms with E-state index in [4.69, 9.17) is 0 Å². The molecule has 0 radical (unpaired) electrons. The summed E-state index contributed by atoms with van der Waals surface area (Å²) in [7, 11) is 0. The molecule has 0 bridgehead atoms. The van der Waals surface area contributed by atoms with Crippen LogP contribution in [0.1, 0.15) is 37.1 Å². The predicted octanol–water partition coefficient (Wildman–Crippen LogP) is 3.31. The molecule has 112 valence electrons. The number of aromatic hydroxyl groups is 1. The lowest BCUT2D eigenvalue weighted by Gasteiger charge is -2.31. The zero-order chi connectivity index (χ0) is 14.8. The van der Waals surface area contributed by atoms with Crippen molar-refractivity contribution in [2.24, 2.45) is 5.92 Å². The Morgan fingerprint density at radius 3 is 2.80 bits per heavy atom. The largest absolute Gasteiger partial charge is 0.506 e. The quantitative estimate of drug-likeness (QED) is 0.897. The number of alkyl halides is 3. The van der Waals surface area contributed by atoms with E-state index in [0.717, 1.165) is 12.1 Å². The minimum Gasteiger partial charge on any atom is -0.506 e. The fourth-order valence-electron chi connectivity index (χ4n) is 2.65. The molecule has 1 aromatic rings. The normalized spacial score (nSPS) is 23.8. The molecule has 2 N–H and O–H groups in total. The Hall–Kier alpha value is -1.30. The van der Waals surface area contributed by atoms with Crippen molar-refractivity contribution in [1.29, 1.82) is 0 Å². The molecule has 0 aromatic carbocycles. The highest BCUT2D eigenvalue weighted by molar-refractivity contribution is 5.27. The highest BCUT2D eigenvalue weighted by Gasteiger charge is 2.42. The lowest BCUT2D eigenvalue weighted by Crippen LogP contribution is -2.38. The van der Waals surface area contributed by atoms with Crippen molar-refractivity contribution in [1.82, 2.24) is 10.3 Å². The van der Waals surface area contributed by atoms with E-state index in [2.05, 4.69) is 10.3 Å². The minimum atomic E-state index is -4.11. The first kappa shape index (κ1) is 15.1. The SMILES string of the molecule is Cc1ccc(O)c(CN[C@@H]2CCC[C@H](C(F)(F)F)C2)n1. The number of nitrogens with one attached hydrogen (secondary N) is 1. The number of hydrogen-bond donors (Lipinski definition) is 2. The molecule has 0 unspecified atom stereocenters. The zero-order valence-corrected chi connectivity index (χ0v) is 11.4. The maximum absolute atomic E-state index is 12.7. The molecule has 1 aliphatic carbocycles. The van der Waals surface area contributed by atoms with Crippen LogP contribution in [-0.4, -0.2) is 22.3 Å². The average Bonchev–Trinajstić information content (AvgIpc) is 2.39. The van der Waals surface area contributed by atoms with E-state index in [-0.39, 0.29) is 24.6 Å². The zero-order valence-electron chi connectivity index (χ0n) is 11.4. The summed E-state index contributed by atoms with van der Waals surface area (Å²) in [5.41, 5.74) is 1.26. The molecule has 1 fully saturated rings. The maximum Gasteiger partial charge on any atom is 0.391 e. The van der Waals surface area contributed by atoms with Gasteiger partial charge in [0.2, 0.25) is 0 Å². The molecule has 0 aliphatic heterocycles. The molecular weight excluding hydrogens is 269 g/mol. The summed E-state index contributed by atoms with van der Waals surface area (Å²) >= 11 is 0. The highest BCUT2D eigenvalue weighted by Crippen LogP contribution is 2.37. The van der Waals surface area contributed by atoms with Gasteiger partial charge in [0, 0.05) is 18.3 Å². The molecule has 3 nitrogen and oxygen atoms in total. The molecule has 1 saturated carbocycles. The molecule has 20 heavy (non-hydrogen) atoms. The number of nitrogens with zero attached hydrogens (tertiary/aromatic N) is 1. The summed E-state index contributed by atoms with van der Waals surface area (Å²) in [6.45, 7) is 2.10. The number of halogens is 3.